The molecule has 0 spiro atoms. The number of rotatable bonds is 5. The van der Waals surface area contributed by atoms with E-state index in [1.165, 1.54) is 16.7 Å². The Balaban J connectivity index is 1.75. The monoisotopic (exact) mass is 375 g/mol. The van der Waals surface area contributed by atoms with Gasteiger partial charge in [0.2, 0.25) is 0 Å². The third-order valence-corrected chi connectivity index (χ3v) is 5.40. The van der Waals surface area contributed by atoms with E-state index in [9.17, 15) is 9.59 Å². The molecule has 0 N–H and O–H groups in total. The summed E-state index contributed by atoms with van der Waals surface area (Å²) in [5.41, 5.74) is 2.77. The molecule has 1 aliphatic rings. The second-order valence-corrected chi connectivity index (χ2v) is 7.21. The van der Waals surface area contributed by atoms with Crippen LogP contribution in [0.1, 0.15) is 16.9 Å². The summed E-state index contributed by atoms with van der Waals surface area (Å²) in [4.78, 5) is 28.1. The minimum absolute atomic E-state index is 0.291. The molecule has 5 heteroatoms. The molecule has 0 unspecified atom stereocenters. The summed E-state index contributed by atoms with van der Waals surface area (Å²) in [6.07, 6.45) is 1.60. The number of benzene rings is 2. The van der Waals surface area contributed by atoms with E-state index in [1.54, 1.807) is 12.3 Å². The number of thioether (sulfide) groups is 1. The predicted molar refractivity (Wildman–Crippen MR) is 107 cm³/mol. The lowest BCUT2D eigenvalue weighted by Crippen LogP contribution is -2.31. The smallest absolute Gasteiger partial charge is 0.272 e. The van der Waals surface area contributed by atoms with Crippen LogP contribution in [0.5, 0.6) is 0 Å². The van der Waals surface area contributed by atoms with Gasteiger partial charge in [0.25, 0.3) is 11.8 Å². The van der Waals surface area contributed by atoms with Crippen molar-refractivity contribution in [2.24, 2.45) is 0 Å². The van der Waals surface area contributed by atoms with Crippen LogP contribution < -0.4 is 4.90 Å². The Morgan fingerprint density at radius 1 is 0.926 bits per heavy atom. The molecule has 134 valence electrons. The summed E-state index contributed by atoms with van der Waals surface area (Å²) >= 11 is 1.33. The average molecular weight is 375 g/mol. The summed E-state index contributed by atoms with van der Waals surface area (Å²) in [6, 6.07) is 20.4. The molecule has 0 fully saturated rings. The van der Waals surface area contributed by atoms with Crippen LogP contribution >= 0.6 is 11.8 Å². The first-order chi connectivity index (χ1) is 13.1. The number of carbonyl (C=O) groups excluding carboxylic acids is 2. The molecule has 3 aromatic rings. The molecule has 0 saturated carbocycles. The van der Waals surface area contributed by atoms with Gasteiger partial charge in [0, 0.05) is 0 Å². The predicted octanol–water partition coefficient (Wildman–Crippen LogP) is 4.81. The lowest BCUT2D eigenvalue weighted by atomic mass is 10.1. The first-order valence-corrected chi connectivity index (χ1v) is 9.54. The van der Waals surface area contributed by atoms with Gasteiger partial charge in [-0.25, -0.2) is 4.90 Å². The van der Waals surface area contributed by atoms with E-state index in [1.807, 2.05) is 67.6 Å². The Labute approximate surface area is 161 Å². The highest BCUT2D eigenvalue weighted by Gasteiger charge is 2.40. The van der Waals surface area contributed by atoms with Gasteiger partial charge in [-0.1, -0.05) is 42.5 Å². The number of carbonyl (C=O) groups is 2. The zero-order valence-electron chi connectivity index (χ0n) is 14.7. The Kier molecular flexibility index (Phi) is 4.69. The first-order valence-electron chi connectivity index (χ1n) is 8.55. The molecule has 1 aliphatic heterocycles. The van der Waals surface area contributed by atoms with Crippen molar-refractivity contribution in [1.82, 2.24) is 0 Å². The second-order valence-electron chi connectivity index (χ2n) is 6.22. The van der Waals surface area contributed by atoms with Gasteiger partial charge in [0.05, 0.1) is 28.2 Å². The van der Waals surface area contributed by atoms with E-state index in [-0.39, 0.29) is 11.8 Å². The highest BCUT2D eigenvalue weighted by atomic mass is 32.2. The number of nitrogens with zero attached hydrogens (tertiary/aromatic N) is 1. The Hall–Kier alpha value is -3.05. The number of hydrogen-bond donors (Lipinski definition) is 0. The Bertz CT molecular complexity index is 1020. The minimum Gasteiger partial charge on any atom is -0.468 e. The van der Waals surface area contributed by atoms with Crippen molar-refractivity contribution >= 4 is 34.8 Å². The van der Waals surface area contributed by atoms with Crippen molar-refractivity contribution in [3.63, 3.8) is 0 Å². The molecule has 2 heterocycles. The molecule has 1 aromatic heterocycles. The molecule has 0 radical (unpaired) electrons. The molecular weight excluding hydrogens is 358 g/mol. The van der Waals surface area contributed by atoms with Crippen LogP contribution in [-0.4, -0.2) is 11.8 Å². The fourth-order valence-electron chi connectivity index (χ4n) is 3.04. The van der Waals surface area contributed by atoms with Crippen LogP contribution in [0.25, 0.3) is 5.57 Å². The average Bonchev–Trinajstić information content (AvgIpc) is 3.27. The summed E-state index contributed by atoms with van der Waals surface area (Å²) in [7, 11) is 0. The zero-order chi connectivity index (χ0) is 18.8. The maximum Gasteiger partial charge on any atom is 0.272 e. The lowest BCUT2D eigenvalue weighted by Gasteiger charge is -2.15. The van der Waals surface area contributed by atoms with Crippen LogP contribution in [0.15, 0.2) is 82.3 Å². The van der Waals surface area contributed by atoms with Crippen LogP contribution in [0.3, 0.4) is 0 Å². The van der Waals surface area contributed by atoms with E-state index in [0.29, 0.717) is 21.9 Å². The van der Waals surface area contributed by atoms with E-state index >= 15 is 0 Å². The maximum atomic E-state index is 13.2. The van der Waals surface area contributed by atoms with Crippen LogP contribution in [-0.2, 0) is 15.3 Å². The summed E-state index contributed by atoms with van der Waals surface area (Å²) < 4.78 is 5.37. The van der Waals surface area contributed by atoms with E-state index in [0.717, 1.165) is 16.9 Å². The Morgan fingerprint density at radius 3 is 2.44 bits per heavy atom. The normalized spacial score (nSPS) is 14.3. The summed E-state index contributed by atoms with van der Waals surface area (Å²) in [5, 5.41) is 0. The molecule has 0 bridgehead atoms. The van der Waals surface area contributed by atoms with Gasteiger partial charge in [0.15, 0.2) is 0 Å². The maximum absolute atomic E-state index is 13.2. The molecule has 0 saturated heterocycles. The van der Waals surface area contributed by atoms with Crippen molar-refractivity contribution in [3.8, 4) is 0 Å². The van der Waals surface area contributed by atoms with Gasteiger partial charge in [-0.3, -0.25) is 9.59 Å². The van der Waals surface area contributed by atoms with E-state index in [2.05, 4.69) is 0 Å². The Morgan fingerprint density at radius 2 is 1.74 bits per heavy atom. The molecule has 4 nitrogen and oxygen atoms in total. The largest absolute Gasteiger partial charge is 0.468 e. The molecule has 2 amide bonds. The summed E-state index contributed by atoms with van der Waals surface area (Å²) in [5.74, 6) is 0.660. The van der Waals surface area contributed by atoms with Gasteiger partial charge >= 0.3 is 0 Å². The van der Waals surface area contributed by atoms with Crippen molar-refractivity contribution in [3.05, 3.63) is 94.8 Å². The van der Waals surface area contributed by atoms with Crippen molar-refractivity contribution in [2.75, 3.05) is 4.90 Å². The van der Waals surface area contributed by atoms with Gasteiger partial charge in [-0.15, -0.1) is 11.8 Å². The first kappa shape index (κ1) is 17.4. The zero-order valence-corrected chi connectivity index (χ0v) is 15.5. The van der Waals surface area contributed by atoms with Gasteiger partial charge in [-0.2, -0.15) is 0 Å². The van der Waals surface area contributed by atoms with Crippen LogP contribution in [0.2, 0.25) is 0 Å². The van der Waals surface area contributed by atoms with Gasteiger partial charge < -0.3 is 4.42 Å². The van der Waals surface area contributed by atoms with Crippen molar-refractivity contribution < 1.29 is 14.0 Å². The highest BCUT2D eigenvalue weighted by Crippen LogP contribution is 2.39. The molecule has 2 aromatic carbocycles. The highest BCUT2D eigenvalue weighted by molar-refractivity contribution is 8.03. The number of anilines is 1. The van der Waals surface area contributed by atoms with E-state index in [4.69, 9.17) is 4.42 Å². The standard InChI is InChI=1S/C22H17NO3S/c1-15-7-5-10-17(13-15)23-21(24)19(16-8-3-2-4-9-16)20(22(23)25)27-14-18-11-6-12-26-18/h2-13H,14H2,1H3. The second kappa shape index (κ2) is 7.29. The van der Waals surface area contributed by atoms with Crippen molar-refractivity contribution in [1.29, 1.82) is 0 Å². The number of imide groups is 1. The quantitative estimate of drug-likeness (QED) is 0.601. The number of hydrogen-bond acceptors (Lipinski definition) is 4. The molecule has 27 heavy (non-hydrogen) atoms. The van der Waals surface area contributed by atoms with Crippen LogP contribution in [0, 0.1) is 6.92 Å². The SMILES string of the molecule is Cc1cccc(N2C(=O)C(SCc3ccco3)=C(c3ccccc3)C2=O)c1. The molecule has 0 atom stereocenters. The third-order valence-electron chi connectivity index (χ3n) is 4.30. The number of furan rings is 1. The number of aryl methyl sites for hydroxylation is 1. The summed E-state index contributed by atoms with van der Waals surface area (Å²) in [6.45, 7) is 1.94. The fourth-order valence-corrected chi connectivity index (χ4v) is 4.06. The van der Waals surface area contributed by atoms with Gasteiger partial charge in [0.1, 0.15) is 5.76 Å². The van der Waals surface area contributed by atoms with Crippen LogP contribution in [0.4, 0.5) is 5.69 Å². The molecular formula is C22H17NO3S. The minimum atomic E-state index is -0.293. The third kappa shape index (κ3) is 3.34. The van der Waals surface area contributed by atoms with E-state index < -0.39 is 0 Å². The molecule has 4 rings (SSSR count). The molecule has 0 aliphatic carbocycles. The lowest BCUT2D eigenvalue weighted by molar-refractivity contribution is -0.119. The van der Waals surface area contributed by atoms with Crippen molar-refractivity contribution in [2.45, 2.75) is 12.7 Å². The van der Waals surface area contributed by atoms with Gasteiger partial charge in [-0.05, 0) is 42.3 Å². The number of amides is 2. The topological polar surface area (TPSA) is 50.5 Å². The fraction of sp³-hybridized carbons (Fsp3) is 0.0909.